The lowest BCUT2D eigenvalue weighted by molar-refractivity contribution is -0.134. The second-order valence-electron chi connectivity index (χ2n) is 9.96. The van der Waals surface area contributed by atoms with Crippen molar-refractivity contribution in [3.05, 3.63) is 77.9 Å². The van der Waals surface area contributed by atoms with E-state index in [4.69, 9.17) is 14.2 Å². The third kappa shape index (κ3) is 8.25. The quantitative estimate of drug-likeness (QED) is 0.245. The fourth-order valence-electron chi connectivity index (χ4n) is 4.50. The van der Waals surface area contributed by atoms with Crippen molar-refractivity contribution in [3.63, 3.8) is 0 Å². The minimum atomic E-state index is -4.18. The van der Waals surface area contributed by atoms with Crippen molar-refractivity contribution in [2.75, 3.05) is 44.8 Å². The number of anilines is 1. The number of benzene rings is 3. The highest BCUT2D eigenvalue weighted by Gasteiger charge is 2.28. The summed E-state index contributed by atoms with van der Waals surface area (Å²) in [7, 11) is -1.31. The van der Waals surface area contributed by atoms with Crippen LogP contribution in [0.3, 0.4) is 0 Å². The molecule has 4 rings (SSSR count). The number of hydrogen-bond donors (Lipinski definition) is 1. The molecular formula is C31H36N4O7S. The van der Waals surface area contributed by atoms with Gasteiger partial charge in [0, 0.05) is 19.2 Å². The molecule has 1 aliphatic rings. The van der Waals surface area contributed by atoms with E-state index in [9.17, 15) is 18.0 Å². The van der Waals surface area contributed by atoms with Gasteiger partial charge < -0.3 is 19.1 Å². The van der Waals surface area contributed by atoms with Crippen LogP contribution in [0.4, 0.5) is 5.69 Å². The van der Waals surface area contributed by atoms with Gasteiger partial charge in [0.15, 0.2) is 18.1 Å². The van der Waals surface area contributed by atoms with Crippen LogP contribution in [0.2, 0.25) is 0 Å². The highest BCUT2D eigenvalue weighted by molar-refractivity contribution is 7.92. The molecule has 1 N–H and O–H groups in total. The maximum absolute atomic E-state index is 13.7. The molecule has 12 heteroatoms. The van der Waals surface area contributed by atoms with Crippen molar-refractivity contribution in [3.8, 4) is 17.2 Å². The third-order valence-corrected chi connectivity index (χ3v) is 8.68. The number of rotatable bonds is 12. The van der Waals surface area contributed by atoms with E-state index in [1.807, 2.05) is 11.8 Å². The molecule has 11 nitrogen and oxygen atoms in total. The van der Waals surface area contributed by atoms with Crippen LogP contribution < -0.4 is 23.9 Å². The normalized spacial score (nSPS) is 13.4. The Bertz CT molecular complexity index is 1540. The zero-order valence-electron chi connectivity index (χ0n) is 24.5. The summed E-state index contributed by atoms with van der Waals surface area (Å²) in [5.74, 6) is 0.492. The van der Waals surface area contributed by atoms with Gasteiger partial charge in [0.1, 0.15) is 12.3 Å². The molecule has 0 aromatic heterocycles. The van der Waals surface area contributed by atoms with Gasteiger partial charge in [-0.15, -0.1) is 0 Å². The van der Waals surface area contributed by atoms with Crippen LogP contribution in [0.1, 0.15) is 30.4 Å². The number of nitrogens with one attached hydrogen (secondary N) is 1. The van der Waals surface area contributed by atoms with Gasteiger partial charge in [-0.2, -0.15) is 5.10 Å². The van der Waals surface area contributed by atoms with Gasteiger partial charge in [0.25, 0.3) is 21.8 Å². The van der Waals surface area contributed by atoms with E-state index in [2.05, 4.69) is 10.5 Å². The van der Waals surface area contributed by atoms with Gasteiger partial charge in [-0.25, -0.2) is 13.8 Å². The Morgan fingerprint density at radius 2 is 1.60 bits per heavy atom. The van der Waals surface area contributed by atoms with Gasteiger partial charge in [-0.1, -0.05) is 17.7 Å². The first-order chi connectivity index (χ1) is 20.7. The van der Waals surface area contributed by atoms with Crippen molar-refractivity contribution in [2.24, 2.45) is 5.10 Å². The molecule has 0 atom stereocenters. The molecule has 3 aromatic carbocycles. The van der Waals surface area contributed by atoms with Crippen LogP contribution >= 0.6 is 0 Å². The fraction of sp³-hybridized carbons (Fsp3) is 0.323. The van der Waals surface area contributed by atoms with E-state index < -0.39 is 22.5 Å². The Hall–Kier alpha value is -4.58. The topological polar surface area (TPSA) is 127 Å². The number of carbonyl (C=O) groups is 2. The molecule has 0 saturated carbocycles. The average molecular weight is 609 g/mol. The zero-order valence-corrected chi connectivity index (χ0v) is 25.3. The number of hydrazone groups is 1. The maximum Gasteiger partial charge on any atom is 0.264 e. The summed E-state index contributed by atoms with van der Waals surface area (Å²) in [4.78, 5) is 27.0. The monoisotopic (exact) mass is 608 g/mol. The van der Waals surface area contributed by atoms with E-state index in [1.54, 1.807) is 48.5 Å². The minimum Gasteiger partial charge on any atom is -0.493 e. The van der Waals surface area contributed by atoms with Gasteiger partial charge in [0.05, 0.1) is 31.0 Å². The first kappa shape index (κ1) is 31.4. The van der Waals surface area contributed by atoms with E-state index in [0.29, 0.717) is 22.7 Å². The van der Waals surface area contributed by atoms with Gasteiger partial charge >= 0.3 is 0 Å². The smallest absolute Gasteiger partial charge is 0.264 e. The second kappa shape index (κ2) is 14.5. The van der Waals surface area contributed by atoms with Crippen molar-refractivity contribution in [1.29, 1.82) is 0 Å². The molecule has 0 bridgehead atoms. The molecule has 0 radical (unpaired) electrons. The van der Waals surface area contributed by atoms with Crippen LogP contribution in [0.25, 0.3) is 0 Å². The number of nitrogens with zero attached hydrogens (tertiary/aromatic N) is 3. The van der Waals surface area contributed by atoms with Crippen LogP contribution in [-0.4, -0.2) is 71.8 Å². The molecule has 2 amide bonds. The van der Waals surface area contributed by atoms with Gasteiger partial charge in [0.2, 0.25) is 0 Å². The Morgan fingerprint density at radius 3 is 2.26 bits per heavy atom. The summed E-state index contributed by atoms with van der Waals surface area (Å²) in [5.41, 5.74) is 4.32. The predicted molar refractivity (Wildman–Crippen MR) is 163 cm³/mol. The number of sulfonamides is 1. The van der Waals surface area contributed by atoms with Crippen LogP contribution in [0, 0.1) is 6.92 Å². The highest BCUT2D eigenvalue weighted by atomic mass is 32.2. The number of ether oxygens (including phenoxy) is 3. The summed E-state index contributed by atoms with van der Waals surface area (Å²) in [5, 5.41) is 3.99. The lowest BCUT2D eigenvalue weighted by Crippen LogP contribution is -2.39. The molecule has 228 valence electrons. The van der Waals surface area contributed by atoms with Crippen LogP contribution in [-0.2, 0) is 19.6 Å². The second-order valence-corrected chi connectivity index (χ2v) is 11.8. The van der Waals surface area contributed by atoms with Crippen molar-refractivity contribution in [2.45, 2.75) is 31.1 Å². The molecule has 3 aromatic rings. The zero-order chi connectivity index (χ0) is 30.8. The Balaban J connectivity index is 1.40. The highest BCUT2D eigenvalue weighted by Crippen LogP contribution is 2.32. The lowest BCUT2D eigenvalue weighted by Gasteiger charge is -2.26. The standard InChI is InChI=1S/C31H36N4O7S/c1-23-7-11-25(12-8-23)35(43(38,39)27-15-16-28(40-2)29(19-27)41-3)21-30(36)33-32-20-24-9-13-26(14-10-24)42-22-31(37)34-17-5-4-6-18-34/h7-16,19-20H,4-6,17-18,21-22H2,1-3H3,(H,33,36)/b32-20-. The molecule has 1 aliphatic heterocycles. The van der Waals surface area contributed by atoms with E-state index in [0.717, 1.165) is 42.2 Å². The third-order valence-electron chi connectivity index (χ3n) is 6.91. The number of carbonyl (C=O) groups excluding carboxylic acids is 2. The lowest BCUT2D eigenvalue weighted by atomic mass is 10.1. The Morgan fingerprint density at radius 1 is 0.930 bits per heavy atom. The number of piperidine rings is 1. The summed E-state index contributed by atoms with van der Waals surface area (Å²) in [6, 6.07) is 17.9. The maximum atomic E-state index is 13.7. The molecule has 1 heterocycles. The Labute approximate surface area is 252 Å². The molecule has 1 saturated heterocycles. The molecule has 0 unspecified atom stereocenters. The van der Waals surface area contributed by atoms with E-state index >= 15 is 0 Å². The van der Waals surface area contributed by atoms with Gasteiger partial charge in [-0.3, -0.25) is 13.9 Å². The molecule has 43 heavy (non-hydrogen) atoms. The minimum absolute atomic E-state index is 0.0206. The summed E-state index contributed by atoms with van der Waals surface area (Å²) in [6.45, 7) is 2.89. The average Bonchev–Trinajstić information content (AvgIpc) is 3.03. The van der Waals surface area contributed by atoms with E-state index in [1.165, 1.54) is 38.6 Å². The molecule has 1 fully saturated rings. The van der Waals surface area contributed by atoms with Crippen LogP contribution in [0.15, 0.2) is 76.7 Å². The number of aryl methyl sites for hydroxylation is 1. The summed E-state index contributed by atoms with van der Waals surface area (Å²) < 4.78 is 44.6. The first-order valence-electron chi connectivity index (χ1n) is 13.9. The molecule has 0 spiro atoms. The molecule has 0 aliphatic carbocycles. The van der Waals surface area contributed by atoms with E-state index in [-0.39, 0.29) is 23.2 Å². The number of likely N-dealkylation sites (tertiary alicyclic amines) is 1. The number of methoxy groups -OCH3 is 2. The summed E-state index contributed by atoms with van der Waals surface area (Å²) in [6.07, 6.45) is 4.62. The SMILES string of the molecule is COc1ccc(S(=O)(=O)N(CC(=O)N/N=C\c2ccc(OCC(=O)N3CCCCC3)cc2)c2ccc(C)cc2)cc1OC. The predicted octanol–water partition coefficient (Wildman–Crippen LogP) is 3.75. The Kier molecular flexibility index (Phi) is 10.6. The first-order valence-corrected chi connectivity index (χ1v) is 15.3. The fourth-order valence-corrected chi connectivity index (χ4v) is 5.94. The van der Waals surface area contributed by atoms with Crippen LogP contribution in [0.5, 0.6) is 17.2 Å². The van der Waals surface area contributed by atoms with Crippen molar-refractivity contribution < 1.29 is 32.2 Å². The van der Waals surface area contributed by atoms with Gasteiger partial charge in [-0.05, 0) is 80.3 Å². The van der Waals surface area contributed by atoms with Crippen molar-refractivity contribution in [1.82, 2.24) is 10.3 Å². The number of hydrogen-bond acceptors (Lipinski definition) is 8. The number of amides is 2. The summed E-state index contributed by atoms with van der Waals surface area (Å²) >= 11 is 0. The largest absolute Gasteiger partial charge is 0.493 e. The van der Waals surface area contributed by atoms with Crippen molar-refractivity contribution >= 4 is 33.7 Å². The molecular weight excluding hydrogens is 572 g/mol.